The fourth-order valence-corrected chi connectivity index (χ4v) is 2.77. The lowest BCUT2D eigenvalue weighted by molar-refractivity contribution is 0.566. The summed E-state index contributed by atoms with van der Waals surface area (Å²) < 4.78 is 22.8. The minimum atomic E-state index is -2.80. The Morgan fingerprint density at radius 3 is 2.21 bits per heavy atom. The van der Waals surface area contributed by atoms with Crippen LogP contribution in [-0.2, 0) is 9.84 Å². The molecule has 86 valence electrons. The quantitative estimate of drug-likeness (QED) is 0.679. The molecule has 0 aromatic rings. The minimum Gasteiger partial charge on any atom is -0.328 e. The molecule has 0 aliphatic carbocycles. The molecule has 3 nitrogen and oxygen atoms in total. The lowest BCUT2D eigenvalue weighted by Crippen LogP contribution is -2.20. The molecule has 0 radical (unpaired) electrons. The van der Waals surface area contributed by atoms with Crippen LogP contribution in [0.2, 0.25) is 0 Å². The topological polar surface area (TPSA) is 60.2 Å². The van der Waals surface area contributed by atoms with Gasteiger partial charge in [0.1, 0.15) is 9.84 Å². The average molecular weight is 221 g/mol. The summed E-state index contributed by atoms with van der Waals surface area (Å²) in [5.74, 6) is 0.644. The van der Waals surface area contributed by atoms with E-state index in [1.54, 1.807) is 0 Å². The van der Waals surface area contributed by atoms with E-state index < -0.39 is 9.84 Å². The molecule has 0 bridgehead atoms. The van der Waals surface area contributed by atoms with Crippen LogP contribution < -0.4 is 5.73 Å². The van der Waals surface area contributed by atoms with Gasteiger partial charge in [0.2, 0.25) is 0 Å². The van der Waals surface area contributed by atoms with Crippen LogP contribution in [0.25, 0.3) is 0 Å². The van der Waals surface area contributed by atoms with Crippen LogP contribution in [0.15, 0.2) is 0 Å². The molecule has 0 fully saturated rings. The van der Waals surface area contributed by atoms with Crippen LogP contribution in [0.5, 0.6) is 0 Å². The largest absolute Gasteiger partial charge is 0.328 e. The first-order valence-electron chi connectivity index (χ1n) is 5.47. The predicted octanol–water partition coefficient (Wildman–Crippen LogP) is 1.72. The van der Waals surface area contributed by atoms with E-state index >= 15 is 0 Å². The highest BCUT2D eigenvalue weighted by atomic mass is 32.2. The van der Waals surface area contributed by atoms with E-state index in [0.29, 0.717) is 17.9 Å². The van der Waals surface area contributed by atoms with Crippen LogP contribution in [0.1, 0.15) is 46.0 Å². The molecule has 1 atom stereocenters. The van der Waals surface area contributed by atoms with Gasteiger partial charge in [-0.15, -0.1) is 0 Å². The van der Waals surface area contributed by atoms with Crippen molar-refractivity contribution < 1.29 is 8.42 Å². The molecular formula is C10H23NO2S. The van der Waals surface area contributed by atoms with Crippen molar-refractivity contribution in [2.75, 3.05) is 11.5 Å². The van der Waals surface area contributed by atoms with Crippen molar-refractivity contribution in [2.45, 2.75) is 52.0 Å². The zero-order valence-electron chi connectivity index (χ0n) is 9.33. The predicted molar refractivity (Wildman–Crippen MR) is 61.1 cm³/mol. The van der Waals surface area contributed by atoms with Gasteiger partial charge < -0.3 is 5.73 Å². The van der Waals surface area contributed by atoms with Crippen LogP contribution in [0.4, 0.5) is 0 Å². The Morgan fingerprint density at radius 2 is 1.71 bits per heavy atom. The second-order valence-electron chi connectivity index (χ2n) is 3.82. The zero-order chi connectivity index (χ0) is 11.0. The van der Waals surface area contributed by atoms with Crippen molar-refractivity contribution in [3.05, 3.63) is 0 Å². The minimum absolute atomic E-state index is 0.163. The summed E-state index contributed by atoms with van der Waals surface area (Å²) in [6.45, 7) is 4.03. The smallest absolute Gasteiger partial charge is 0.150 e. The highest BCUT2D eigenvalue weighted by Gasteiger charge is 2.10. The first-order valence-corrected chi connectivity index (χ1v) is 7.30. The molecule has 0 aliphatic rings. The lowest BCUT2D eigenvalue weighted by Gasteiger charge is -2.08. The average Bonchev–Trinajstić information content (AvgIpc) is 2.14. The Hall–Kier alpha value is -0.0900. The van der Waals surface area contributed by atoms with E-state index in [9.17, 15) is 8.42 Å². The van der Waals surface area contributed by atoms with E-state index in [2.05, 4.69) is 0 Å². The summed E-state index contributed by atoms with van der Waals surface area (Å²) in [6.07, 6.45) is 4.17. The molecule has 4 heteroatoms. The number of unbranched alkanes of at least 4 members (excludes halogenated alkanes) is 1. The van der Waals surface area contributed by atoms with Gasteiger partial charge in [-0.1, -0.05) is 20.3 Å². The van der Waals surface area contributed by atoms with Crippen LogP contribution in [0.3, 0.4) is 0 Å². The molecule has 0 amide bonds. The van der Waals surface area contributed by atoms with Gasteiger partial charge in [-0.25, -0.2) is 8.42 Å². The summed E-state index contributed by atoms with van der Waals surface area (Å²) in [7, 11) is -2.80. The highest BCUT2D eigenvalue weighted by molar-refractivity contribution is 7.91. The normalized spacial score (nSPS) is 14.2. The van der Waals surface area contributed by atoms with E-state index in [4.69, 9.17) is 5.73 Å². The standard InChI is InChI=1S/C10H23NO2S/c1-3-5-8-14(12,13)9-6-7-10(11)4-2/h10H,3-9,11H2,1-2H3. The zero-order valence-corrected chi connectivity index (χ0v) is 10.1. The van der Waals surface area contributed by atoms with Gasteiger partial charge in [-0.2, -0.15) is 0 Å². The molecule has 14 heavy (non-hydrogen) atoms. The third kappa shape index (κ3) is 7.33. The summed E-state index contributed by atoms with van der Waals surface area (Å²) in [6, 6.07) is 0.163. The molecular weight excluding hydrogens is 198 g/mol. The third-order valence-corrected chi connectivity index (χ3v) is 4.18. The Kier molecular flexibility index (Phi) is 7.19. The third-order valence-electron chi connectivity index (χ3n) is 2.36. The van der Waals surface area contributed by atoms with Crippen LogP contribution in [-0.4, -0.2) is 26.0 Å². The fourth-order valence-electron chi connectivity index (χ4n) is 1.24. The molecule has 0 aliphatic heterocycles. The van der Waals surface area contributed by atoms with Crippen molar-refractivity contribution in [3.63, 3.8) is 0 Å². The molecule has 0 saturated carbocycles. The number of sulfone groups is 1. The fraction of sp³-hybridized carbons (Fsp3) is 1.00. The maximum atomic E-state index is 11.4. The molecule has 2 N–H and O–H groups in total. The number of nitrogens with two attached hydrogens (primary N) is 1. The van der Waals surface area contributed by atoms with Gasteiger partial charge >= 0.3 is 0 Å². The number of hydrogen-bond donors (Lipinski definition) is 1. The van der Waals surface area contributed by atoms with Gasteiger partial charge in [0, 0.05) is 6.04 Å². The first-order chi connectivity index (χ1) is 6.52. The van der Waals surface area contributed by atoms with Crippen LogP contribution >= 0.6 is 0 Å². The Labute approximate surface area is 88.0 Å². The summed E-state index contributed by atoms with van der Waals surface area (Å²) in [5, 5.41) is 0. The van der Waals surface area contributed by atoms with Crippen LogP contribution in [0, 0.1) is 0 Å². The summed E-state index contributed by atoms with van der Waals surface area (Å²) >= 11 is 0. The second kappa shape index (κ2) is 7.23. The van der Waals surface area contributed by atoms with Crippen molar-refractivity contribution in [2.24, 2.45) is 5.73 Å². The molecule has 0 aromatic carbocycles. The second-order valence-corrected chi connectivity index (χ2v) is 6.12. The van der Waals surface area contributed by atoms with E-state index in [-0.39, 0.29) is 6.04 Å². The van der Waals surface area contributed by atoms with E-state index in [1.807, 2.05) is 13.8 Å². The van der Waals surface area contributed by atoms with Crippen molar-refractivity contribution in [1.82, 2.24) is 0 Å². The monoisotopic (exact) mass is 221 g/mol. The molecule has 1 unspecified atom stereocenters. The highest BCUT2D eigenvalue weighted by Crippen LogP contribution is 2.04. The van der Waals surface area contributed by atoms with Crippen molar-refractivity contribution >= 4 is 9.84 Å². The molecule has 0 spiro atoms. The molecule has 0 rings (SSSR count). The molecule has 0 heterocycles. The number of rotatable bonds is 8. The van der Waals surface area contributed by atoms with E-state index in [1.165, 1.54) is 0 Å². The van der Waals surface area contributed by atoms with E-state index in [0.717, 1.165) is 25.7 Å². The first kappa shape index (κ1) is 13.9. The summed E-state index contributed by atoms with van der Waals surface area (Å²) in [4.78, 5) is 0. The van der Waals surface area contributed by atoms with Gasteiger partial charge in [0.25, 0.3) is 0 Å². The number of hydrogen-bond acceptors (Lipinski definition) is 3. The molecule has 0 aromatic heterocycles. The molecule has 0 saturated heterocycles. The summed E-state index contributed by atoms with van der Waals surface area (Å²) in [5.41, 5.74) is 5.71. The van der Waals surface area contributed by atoms with Gasteiger partial charge in [-0.3, -0.25) is 0 Å². The maximum Gasteiger partial charge on any atom is 0.150 e. The lowest BCUT2D eigenvalue weighted by atomic mass is 10.1. The Bertz CT molecular complexity index is 224. The maximum absolute atomic E-state index is 11.4. The van der Waals surface area contributed by atoms with Crippen molar-refractivity contribution in [3.8, 4) is 0 Å². The van der Waals surface area contributed by atoms with Gasteiger partial charge in [-0.05, 0) is 25.7 Å². The Balaban J connectivity index is 3.66. The van der Waals surface area contributed by atoms with Gasteiger partial charge in [0.15, 0.2) is 0 Å². The Morgan fingerprint density at radius 1 is 1.14 bits per heavy atom. The SMILES string of the molecule is CCCCS(=O)(=O)CCCC(N)CC. The van der Waals surface area contributed by atoms with Crippen molar-refractivity contribution in [1.29, 1.82) is 0 Å². The van der Waals surface area contributed by atoms with Gasteiger partial charge in [0.05, 0.1) is 11.5 Å².